The number of nitrogens with zero attached hydrogens (tertiary/aromatic N) is 1. The largest absolute Gasteiger partial charge is 0.419 e. The molecule has 1 aromatic heterocycles. The van der Waals surface area contributed by atoms with Crippen molar-refractivity contribution >= 4 is 22.5 Å². The number of aromatic nitrogens is 1. The number of amides is 2. The van der Waals surface area contributed by atoms with Gasteiger partial charge in [-0.25, -0.2) is 9.18 Å². The van der Waals surface area contributed by atoms with E-state index in [-0.39, 0.29) is 13.0 Å². The summed E-state index contributed by atoms with van der Waals surface area (Å²) >= 11 is 0. The summed E-state index contributed by atoms with van der Waals surface area (Å²) in [6.07, 6.45) is -1.24. The first-order valence-corrected chi connectivity index (χ1v) is 8.08. The molecule has 0 aliphatic carbocycles. The highest BCUT2D eigenvalue weighted by Crippen LogP contribution is 2.31. The van der Waals surface area contributed by atoms with Crippen LogP contribution < -0.4 is 10.6 Å². The van der Waals surface area contributed by atoms with Gasteiger partial charge in [0.2, 0.25) is 0 Å². The van der Waals surface area contributed by atoms with Crippen LogP contribution in [0.2, 0.25) is 0 Å². The van der Waals surface area contributed by atoms with Crippen molar-refractivity contribution in [3.63, 3.8) is 0 Å². The van der Waals surface area contributed by atoms with Crippen LogP contribution in [0.5, 0.6) is 0 Å². The molecule has 0 spiro atoms. The standard InChI is InChI=1S/C19H15F4N3O/c20-16-10-12(4-5-15(16)19(21,22)23)6-9-25-18(27)26-17-3-1-2-13-11-24-8-7-14(13)17/h1-5,7-8,10-11H,6,9H2,(H2,25,26,27). The molecule has 0 fully saturated rings. The monoisotopic (exact) mass is 377 g/mol. The molecule has 140 valence electrons. The molecule has 3 aromatic rings. The molecule has 0 unspecified atom stereocenters. The first-order chi connectivity index (χ1) is 12.8. The van der Waals surface area contributed by atoms with Crippen molar-refractivity contribution in [1.29, 1.82) is 0 Å². The van der Waals surface area contributed by atoms with Crippen LogP contribution in [-0.2, 0) is 12.6 Å². The minimum atomic E-state index is -4.73. The van der Waals surface area contributed by atoms with Gasteiger partial charge in [-0.05, 0) is 36.2 Å². The molecule has 8 heteroatoms. The Hall–Kier alpha value is -3.16. The number of fused-ring (bicyclic) bond motifs is 1. The van der Waals surface area contributed by atoms with Crippen LogP contribution in [0.4, 0.5) is 28.0 Å². The fraction of sp³-hybridized carbons (Fsp3) is 0.158. The van der Waals surface area contributed by atoms with Crippen LogP contribution in [0.3, 0.4) is 0 Å². The van der Waals surface area contributed by atoms with E-state index in [1.807, 2.05) is 6.07 Å². The van der Waals surface area contributed by atoms with Gasteiger partial charge in [0.25, 0.3) is 0 Å². The van der Waals surface area contributed by atoms with E-state index < -0.39 is 23.6 Å². The Morgan fingerprint density at radius 3 is 2.67 bits per heavy atom. The summed E-state index contributed by atoms with van der Waals surface area (Å²) in [5.41, 5.74) is -0.340. The number of alkyl halides is 3. The number of hydrogen-bond donors (Lipinski definition) is 2. The Kier molecular flexibility index (Phi) is 5.25. The van der Waals surface area contributed by atoms with Gasteiger partial charge in [-0.3, -0.25) is 4.98 Å². The summed E-state index contributed by atoms with van der Waals surface area (Å²) < 4.78 is 51.2. The number of anilines is 1. The van der Waals surface area contributed by atoms with Gasteiger partial charge in [0.05, 0.1) is 11.3 Å². The lowest BCUT2D eigenvalue weighted by molar-refractivity contribution is -0.140. The maximum absolute atomic E-state index is 13.5. The maximum atomic E-state index is 13.5. The lowest BCUT2D eigenvalue weighted by atomic mass is 10.1. The average molecular weight is 377 g/mol. The predicted octanol–water partition coefficient (Wildman–Crippen LogP) is 4.76. The van der Waals surface area contributed by atoms with Crippen molar-refractivity contribution < 1.29 is 22.4 Å². The molecule has 3 rings (SSSR count). The zero-order valence-electron chi connectivity index (χ0n) is 14.0. The maximum Gasteiger partial charge on any atom is 0.419 e. The summed E-state index contributed by atoms with van der Waals surface area (Å²) in [4.78, 5) is 16.1. The van der Waals surface area contributed by atoms with Crippen LogP contribution in [-0.4, -0.2) is 17.6 Å². The Balaban J connectivity index is 1.58. The summed E-state index contributed by atoms with van der Waals surface area (Å²) in [5.74, 6) is -1.33. The molecule has 0 atom stereocenters. The van der Waals surface area contributed by atoms with E-state index in [1.54, 1.807) is 30.6 Å². The molecule has 27 heavy (non-hydrogen) atoms. The molecule has 2 N–H and O–H groups in total. The zero-order chi connectivity index (χ0) is 19.4. The molecule has 0 radical (unpaired) electrons. The molecular formula is C19H15F4N3O. The SMILES string of the molecule is O=C(NCCc1ccc(C(F)(F)F)c(F)c1)Nc1cccc2cnccc12. The number of rotatable bonds is 4. The predicted molar refractivity (Wildman–Crippen MR) is 93.9 cm³/mol. The first-order valence-electron chi connectivity index (χ1n) is 8.08. The first kappa shape index (κ1) is 18.6. The zero-order valence-corrected chi connectivity index (χ0v) is 14.0. The summed E-state index contributed by atoms with van der Waals surface area (Å²) in [6.45, 7) is 0.142. The van der Waals surface area contributed by atoms with Crippen molar-refractivity contribution in [1.82, 2.24) is 10.3 Å². The number of carbonyl (C=O) groups excluding carboxylic acids is 1. The van der Waals surface area contributed by atoms with Crippen LogP contribution in [0.15, 0.2) is 54.9 Å². The number of halogens is 4. The fourth-order valence-corrected chi connectivity index (χ4v) is 2.66. The van der Waals surface area contributed by atoms with Crippen LogP contribution >= 0.6 is 0 Å². The Labute approximate surface area is 152 Å². The molecule has 4 nitrogen and oxygen atoms in total. The molecule has 0 saturated carbocycles. The van der Waals surface area contributed by atoms with Gasteiger partial charge in [-0.1, -0.05) is 18.2 Å². The molecule has 1 heterocycles. The average Bonchev–Trinajstić information content (AvgIpc) is 2.61. The van der Waals surface area contributed by atoms with Crippen molar-refractivity contribution in [2.24, 2.45) is 0 Å². The minimum Gasteiger partial charge on any atom is -0.338 e. The van der Waals surface area contributed by atoms with E-state index in [1.165, 1.54) is 6.07 Å². The molecule has 0 aliphatic rings. The van der Waals surface area contributed by atoms with Crippen LogP contribution in [0, 0.1) is 5.82 Å². The summed E-state index contributed by atoms with van der Waals surface area (Å²) in [6, 6.07) is 9.43. The molecular weight excluding hydrogens is 362 g/mol. The third kappa shape index (κ3) is 4.52. The lowest BCUT2D eigenvalue weighted by Gasteiger charge is -2.11. The van der Waals surface area contributed by atoms with Gasteiger partial charge in [0.15, 0.2) is 0 Å². The molecule has 0 saturated heterocycles. The van der Waals surface area contributed by atoms with Crippen LogP contribution in [0.1, 0.15) is 11.1 Å². The van der Waals surface area contributed by atoms with Crippen LogP contribution in [0.25, 0.3) is 10.8 Å². The third-order valence-corrected chi connectivity index (χ3v) is 3.97. The topological polar surface area (TPSA) is 54.0 Å². The van der Waals surface area contributed by atoms with E-state index in [2.05, 4.69) is 15.6 Å². The Morgan fingerprint density at radius 2 is 1.93 bits per heavy atom. The number of hydrogen-bond acceptors (Lipinski definition) is 2. The molecule has 2 aromatic carbocycles. The second kappa shape index (κ2) is 7.61. The third-order valence-electron chi connectivity index (χ3n) is 3.97. The van der Waals surface area contributed by atoms with E-state index >= 15 is 0 Å². The van der Waals surface area contributed by atoms with Crippen molar-refractivity contribution in [3.05, 3.63) is 71.8 Å². The van der Waals surface area contributed by atoms with Gasteiger partial charge in [0.1, 0.15) is 5.82 Å². The molecule has 0 bridgehead atoms. The van der Waals surface area contributed by atoms with Gasteiger partial charge in [-0.2, -0.15) is 13.2 Å². The number of nitrogens with one attached hydrogen (secondary N) is 2. The fourth-order valence-electron chi connectivity index (χ4n) is 2.66. The van der Waals surface area contributed by atoms with E-state index in [0.29, 0.717) is 17.3 Å². The van der Waals surface area contributed by atoms with Crippen molar-refractivity contribution in [3.8, 4) is 0 Å². The number of urea groups is 1. The number of benzene rings is 2. The summed E-state index contributed by atoms with van der Waals surface area (Å²) in [5, 5.41) is 7.01. The van der Waals surface area contributed by atoms with Crippen molar-refractivity contribution in [2.45, 2.75) is 12.6 Å². The highest BCUT2D eigenvalue weighted by atomic mass is 19.4. The molecule has 0 aliphatic heterocycles. The summed E-state index contributed by atoms with van der Waals surface area (Å²) in [7, 11) is 0. The quantitative estimate of drug-likeness (QED) is 0.645. The van der Waals surface area contributed by atoms with Crippen molar-refractivity contribution in [2.75, 3.05) is 11.9 Å². The van der Waals surface area contributed by atoms with E-state index in [0.717, 1.165) is 16.8 Å². The van der Waals surface area contributed by atoms with Gasteiger partial charge >= 0.3 is 12.2 Å². The highest BCUT2D eigenvalue weighted by molar-refractivity contribution is 6.01. The Bertz CT molecular complexity index is 967. The minimum absolute atomic E-state index is 0.142. The smallest absolute Gasteiger partial charge is 0.338 e. The second-order valence-corrected chi connectivity index (χ2v) is 5.85. The van der Waals surface area contributed by atoms with Gasteiger partial charge < -0.3 is 10.6 Å². The number of carbonyl (C=O) groups is 1. The van der Waals surface area contributed by atoms with E-state index in [9.17, 15) is 22.4 Å². The molecule has 2 amide bonds. The normalized spacial score (nSPS) is 11.4. The lowest BCUT2D eigenvalue weighted by Crippen LogP contribution is -2.30. The van der Waals surface area contributed by atoms with Gasteiger partial charge in [-0.15, -0.1) is 0 Å². The highest BCUT2D eigenvalue weighted by Gasteiger charge is 2.33. The number of pyridine rings is 1. The van der Waals surface area contributed by atoms with E-state index in [4.69, 9.17) is 0 Å². The second-order valence-electron chi connectivity index (χ2n) is 5.85. The Morgan fingerprint density at radius 1 is 1.11 bits per heavy atom. The van der Waals surface area contributed by atoms with Gasteiger partial charge in [0, 0.05) is 29.7 Å².